The number of rotatable bonds is 2. The van der Waals surface area contributed by atoms with Gasteiger partial charge in [0.15, 0.2) is 0 Å². The molecule has 4 heteroatoms. The van der Waals surface area contributed by atoms with Crippen LogP contribution in [-0.4, -0.2) is 40.8 Å². The second-order valence-electron chi connectivity index (χ2n) is 5.39. The minimum Gasteiger partial charge on any atom is -0.324 e. The van der Waals surface area contributed by atoms with E-state index in [0.717, 1.165) is 19.6 Å². The number of hydrogen-bond donors (Lipinski definition) is 0. The van der Waals surface area contributed by atoms with Gasteiger partial charge in [-0.05, 0) is 49.1 Å². The first kappa shape index (κ1) is 14.4. The maximum atomic E-state index is 11.2. The Hall–Kier alpha value is -1.06. The van der Waals surface area contributed by atoms with Gasteiger partial charge < -0.3 is 4.90 Å². The molecular formula is C15H21ClN2O. The summed E-state index contributed by atoms with van der Waals surface area (Å²) in [6.07, 6.45) is 0. The number of nitrogens with zero attached hydrogens (tertiary/aromatic N) is 2. The van der Waals surface area contributed by atoms with Crippen molar-refractivity contribution in [3.63, 3.8) is 0 Å². The summed E-state index contributed by atoms with van der Waals surface area (Å²) in [6.45, 7) is 9.80. The maximum Gasteiger partial charge on any atom is 0.316 e. The van der Waals surface area contributed by atoms with Crippen LogP contribution in [0.5, 0.6) is 0 Å². The summed E-state index contributed by atoms with van der Waals surface area (Å²) >= 11 is 5.57. The lowest BCUT2D eigenvalue weighted by atomic mass is 10.0. The molecule has 1 aliphatic rings. The Morgan fingerprint density at radius 3 is 2.74 bits per heavy atom. The van der Waals surface area contributed by atoms with Crippen molar-refractivity contribution in [1.29, 1.82) is 0 Å². The molecule has 0 saturated carbocycles. The van der Waals surface area contributed by atoms with Crippen LogP contribution in [0, 0.1) is 13.8 Å². The van der Waals surface area contributed by atoms with E-state index in [2.05, 4.69) is 43.9 Å². The summed E-state index contributed by atoms with van der Waals surface area (Å²) < 4.78 is 0. The summed E-state index contributed by atoms with van der Waals surface area (Å²) in [6, 6.07) is 6.63. The molecule has 1 saturated heterocycles. The van der Waals surface area contributed by atoms with Crippen molar-refractivity contribution < 1.29 is 4.79 Å². The van der Waals surface area contributed by atoms with Gasteiger partial charge in [0.25, 0.3) is 0 Å². The Kier molecular flexibility index (Phi) is 4.48. The van der Waals surface area contributed by atoms with Crippen molar-refractivity contribution in [2.75, 3.05) is 19.6 Å². The van der Waals surface area contributed by atoms with Gasteiger partial charge in [0, 0.05) is 32.2 Å². The van der Waals surface area contributed by atoms with E-state index in [-0.39, 0.29) is 11.4 Å². The van der Waals surface area contributed by atoms with Gasteiger partial charge >= 0.3 is 5.37 Å². The van der Waals surface area contributed by atoms with Gasteiger partial charge in [0.1, 0.15) is 0 Å². The first-order chi connectivity index (χ1) is 8.99. The molecule has 1 atom stereocenters. The zero-order valence-electron chi connectivity index (χ0n) is 11.8. The van der Waals surface area contributed by atoms with E-state index >= 15 is 0 Å². The molecule has 1 aromatic carbocycles. The smallest absolute Gasteiger partial charge is 0.316 e. The van der Waals surface area contributed by atoms with Crippen LogP contribution in [0.3, 0.4) is 0 Å². The summed E-state index contributed by atoms with van der Waals surface area (Å²) in [5.41, 5.74) is 4.07. The number of amides is 1. The SMILES string of the molecule is Cc1cccc(CN2CCN(C(=O)Cl)[C@H](C)C2)c1C. The molecule has 0 N–H and O–H groups in total. The zero-order valence-corrected chi connectivity index (χ0v) is 12.6. The molecule has 0 aliphatic carbocycles. The van der Waals surface area contributed by atoms with Crippen LogP contribution < -0.4 is 0 Å². The third kappa shape index (κ3) is 3.28. The van der Waals surface area contributed by atoms with Gasteiger partial charge in [0.05, 0.1) is 0 Å². The molecule has 0 bridgehead atoms. The normalized spacial score (nSPS) is 20.6. The number of carbonyl (C=O) groups excluding carboxylic acids is 1. The molecule has 19 heavy (non-hydrogen) atoms. The van der Waals surface area contributed by atoms with Gasteiger partial charge in [-0.25, -0.2) is 0 Å². The molecule has 0 unspecified atom stereocenters. The Morgan fingerprint density at radius 2 is 2.11 bits per heavy atom. The van der Waals surface area contributed by atoms with Gasteiger partial charge in [-0.15, -0.1) is 0 Å². The predicted octanol–water partition coefficient (Wildman–Crippen LogP) is 3.17. The number of carbonyl (C=O) groups is 1. The molecule has 1 aliphatic heterocycles. The zero-order chi connectivity index (χ0) is 14.0. The third-order valence-corrected chi connectivity index (χ3v) is 4.27. The Labute approximate surface area is 120 Å². The second-order valence-corrected chi connectivity index (χ2v) is 5.71. The lowest BCUT2D eigenvalue weighted by Gasteiger charge is -2.38. The minimum atomic E-state index is -0.334. The molecule has 1 heterocycles. The molecule has 1 amide bonds. The molecule has 1 fully saturated rings. The van der Waals surface area contributed by atoms with Crippen LogP contribution >= 0.6 is 11.6 Å². The van der Waals surface area contributed by atoms with E-state index < -0.39 is 0 Å². The van der Waals surface area contributed by atoms with Crippen LogP contribution in [0.2, 0.25) is 0 Å². The highest BCUT2D eigenvalue weighted by Gasteiger charge is 2.26. The van der Waals surface area contributed by atoms with Crippen molar-refractivity contribution in [3.8, 4) is 0 Å². The Morgan fingerprint density at radius 1 is 1.37 bits per heavy atom. The summed E-state index contributed by atoms with van der Waals surface area (Å²) in [5, 5.41) is -0.334. The fourth-order valence-corrected chi connectivity index (χ4v) is 2.91. The summed E-state index contributed by atoms with van der Waals surface area (Å²) in [5.74, 6) is 0. The van der Waals surface area contributed by atoms with Crippen molar-refractivity contribution in [2.24, 2.45) is 0 Å². The van der Waals surface area contributed by atoms with Crippen molar-refractivity contribution in [3.05, 3.63) is 34.9 Å². The van der Waals surface area contributed by atoms with Crippen LogP contribution in [0.4, 0.5) is 4.79 Å². The number of aryl methyl sites for hydroxylation is 1. The third-order valence-electron chi connectivity index (χ3n) is 4.05. The highest BCUT2D eigenvalue weighted by Crippen LogP contribution is 2.18. The first-order valence-corrected chi connectivity index (χ1v) is 7.10. The predicted molar refractivity (Wildman–Crippen MR) is 78.6 cm³/mol. The molecule has 3 nitrogen and oxygen atoms in total. The average Bonchev–Trinajstić information content (AvgIpc) is 2.34. The second kappa shape index (κ2) is 5.93. The standard InChI is InChI=1S/C15H21ClN2O/c1-11-5-4-6-14(13(11)3)10-17-7-8-18(15(16)19)12(2)9-17/h4-6,12H,7-10H2,1-3H3/t12-/m1/s1. The van der Waals surface area contributed by atoms with Gasteiger partial charge in [0.2, 0.25) is 0 Å². The molecule has 1 aromatic rings. The fraction of sp³-hybridized carbons (Fsp3) is 0.533. The number of hydrogen-bond acceptors (Lipinski definition) is 2. The van der Waals surface area contributed by atoms with Crippen molar-refractivity contribution in [2.45, 2.75) is 33.4 Å². The Bertz CT molecular complexity index is 475. The molecule has 0 spiro atoms. The monoisotopic (exact) mass is 280 g/mol. The molecule has 0 aromatic heterocycles. The van der Waals surface area contributed by atoms with E-state index in [4.69, 9.17) is 11.6 Å². The van der Waals surface area contributed by atoms with E-state index in [1.165, 1.54) is 16.7 Å². The van der Waals surface area contributed by atoms with Gasteiger partial charge in [-0.3, -0.25) is 9.69 Å². The minimum absolute atomic E-state index is 0.184. The van der Waals surface area contributed by atoms with Gasteiger partial charge in [-0.2, -0.15) is 0 Å². The topological polar surface area (TPSA) is 23.6 Å². The highest BCUT2D eigenvalue weighted by molar-refractivity contribution is 6.62. The fourth-order valence-electron chi connectivity index (χ4n) is 2.66. The van der Waals surface area contributed by atoms with E-state index in [0.29, 0.717) is 6.54 Å². The number of benzene rings is 1. The number of halogens is 1. The molecule has 0 radical (unpaired) electrons. The van der Waals surface area contributed by atoms with E-state index in [1.54, 1.807) is 4.90 Å². The van der Waals surface area contributed by atoms with Crippen LogP contribution in [0.1, 0.15) is 23.6 Å². The first-order valence-electron chi connectivity index (χ1n) is 6.72. The van der Waals surface area contributed by atoms with E-state index in [1.807, 2.05) is 0 Å². The van der Waals surface area contributed by atoms with Crippen LogP contribution in [-0.2, 0) is 6.54 Å². The van der Waals surface area contributed by atoms with Crippen LogP contribution in [0.25, 0.3) is 0 Å². The maximum absolute atomic E-state index is 11.2. The van der Waals surface area contributed by atoms with E-state index in [9.17, 15) is 4.79 Å². The Balaban J connectivity index is 2.02. The summed E-state index contributed by atoms with van der Waals surface area (Å²) in [4.78, 5) is 15.4. The van der Waals surface area contributed by atoms with Crippen molar-refractivity contribution >= 4 is 17.0 Å². The van der Waals surface area contributed by atoms with Gasteiger partial charge in [-0.1, -0.05) is 18.2 Å². The van der Waals surface area contributed by atoms with Crippen LogP contribution in [0.15, 0.2) is 18.2 Å². The lowest BCUT2D eigenvalue weighted by molar-refractivity contribution is 0.109. The highest BCUT2D eigenvalue weighted by atomic mass is 35.5. The van der Waals surface area contributed by atoms with Crippen molar-refractivity contribution in [1.82, 2.24) is 9.80 Å². The number of piperazine rings is 1. The lowest BCUT2D eigenvalue weighted by Crippen LogP contribution is -2.52. The quantitative estimate of drug-likeness (QED) is 0.614. The average molecular weight is 281 g/mol. The molecular weight excluding hydrogens is 260 g/mol. The molecule has 2 rings (SSSR count). The summed E-state index contributed by atoms with van der Waals surface area (Å²) in [7, 11) is 0. The largest absolute Gasteiger partial charge is 0.324 e. The molecule has 104 valence electrons.